The van der Waals surface area contributed by atoms with Crippen molar-refractivity contribution in [2.75, 3.05) is 26.4 Å². The number of rotatable bonds is 48. The monoisotopic (exact) mass is 875 g/mol. The van der Waals surface area contributed by atoms with E-state index >= 15 is 0 Å². The largest absolute Gasteiger partial charge is 0.472 e. The van der Waals surface area contributed by atoms with Crippen LogP contribution in [0.15, 0.2) is 12.2 Å². The fourth-order valence-corrected chi connectivity index (χ4v) is 8.07. The Bertz CT molecular complexity index is 1010. The van der Waals surface area contributed by atoms with Crippen LogP contribution in [0.4, 0.5) is 0 Å². The van der Waals surface area contributed by atoms with E-state index < -0.39 is 51.8 Å². The van der Waals surface area contributed by atoms with Crippen LogP contribution >= 0.6 is 7.82 Å². The molecule has 0 saturated heterocycles. The van der Waals surface area contributed by atoms with Crippen molar-refractivity contribution in [3.05, 3.63) is 12.2 Å². The van der Waals surface area contributed by atoms with E-state index in [-0.39, 0.29) is 19.4 Å². The Balaban J connectivity index is 4.10. The lowest BCUT2D eigenvalue weighted by Crippen LogP contribution is -2.29. The maximum Gasteiger partial charge on any atom is 0.472 e. The summed E-state index contributed by atoms with van der Waals surface area (Å²) in [6, 6.07) is 0. The summed E-state index contributed by atoms with van der Waals surface area (Å²) >= 11 is 0. The average molecular weight is 875 g/mol. The number of unbranched alkanes of at least 4 members (excludes halogenated alkanes) is 32. The summed E-state index contributed by atoms with van der Waals surface area (Å²) in [5, 5.41) is 18.4. The molecule has 0 bridgehead atoms. The number of allylic oxidation sites excluding steroid dienone is 2. The quantitative estimate of drug-likeness (QED) is 0.0233. The second-order valence-corrected chi connectivity index (χ2v) is 18.7. The highest BCUT2D eigenvalue weighted by Gasteiger charge is 2.27. The van der Waals surface area contributed by atoms with Gasteiger partial charge in [-0.15, -0.1) is 0 Å². The number of hydrogen-bond acceptors (Lipinski definition) is 9. The Morgan fingerprint density at radius 1 is 0.483 bits per heavy atom. The van der Waals surface area contributed by atoms with Crippen LogP contribution in [0.1, 0.15) is 251 Å². The third-order valence-corrected chi connectivity index (χ3v) is 12.1. The molecule has 11 heteroatoms. The fraction of sp³-hybridized carbons (Fsp3) is 0.918. The SMILES string of the molecule is CCCCCCC/C=C/CCCCCCCC(=O)O[C@@H](COC(=O)CCCCCCCCCCCCCCCCCCCCCCCCC)COP(=O)(O)OC[C@H](O)CO. The molecule has 3 atom stereocenters. The van der Waals surface area contributed by atoms with E-state index in [1.807, 2.05) is 0 Å². The van der Waals surface area contributed by atoms with Crippen molar-refractivity contribution in [1.82, 2.24) is 0 Å². The van der Waals surface area contributed by atoms with Crippen molar-refractivity contribution < 1.29 is 47.8 Å². The zero-order valence-electron chi connectivity index (χ0n) is 38.9. The van der Waals surface area contributed by atoms with Gasteiger partial charge in [-0.3, -0.25) is 18.6 Å². The third-order valence-electron chi connectivity index (χ3n) is 11.2. The highest BCUT2D eigenvalue weighted by atomic mass is 31.2. The predicted molar refractivity (Wildman–Crippen MR) is 247 cm³/mol. The van der Waals surface area contributed by atoms with Gasteiger partial charge in [0.15, 0.2) is 6.10 Å². The predicted octanol–water partition coefficient (Wildman–Crippen LogP) is 14.0. The van der Waals surface area contributed by atoms with Gasteiger partial charge < -0.3 is 24.6 Å². The Kier molecular flexibility index (Phi) is 44.7. The first-order valence-electron chi connectivity index (χ1n) is 25.1. The van der Waals surface area contributed by atoms with E-state index in [0.717, 1.165) is 51.4 Å². The molecule has 0 aromatic rings. The van der Waals surface area contributed by atoms with Crippen LogP contribution < -0.4 is 0 Å². The Labute approximate surface area is 368 Å². The molecule has 0 aliphatic carbocycles. The van der Waals surface area contributed by atoms with Crippen molar-refractivity contribution in [1.29, 1.82) is 0 Å². The van der Waals surface area contributed by atoms with E-state index in [0.29, 0.717) is 12.8 Å². The van der Waals surface area contributed by atoms with Gasteiger partial charge >= 0.3 is 19.8 Å². The van der Waals surface area contributed by atoms with Crippen molar-refractivity contribution >= 4 is 19.8 Å². The number of phosphoric ester groups is 1. The first-order chi connectivity index (χ1) is 29.2. The molecule has 1 unspecified atom stereocenters. The van der Waals surface area contributed by atoms with E-state index in [1.54, 1.807) is 0 Å². The van der Waals surface area contributed by atoms with Crippen molar-refractivity contribution in [3.8, 4) is 0 Å². The van der Waals surface area contributed by atoms with E-state index in [1.165, 1.54) is 161 Å². The second-order valence-electron chi connectivity index (χ2n) is 17.2. The summed E-state index contributed by atoms with van der Waals surface area (Å²) in [5.74, 6) is -0.920. The topological polar surface area (TPSA) is 149 Å². The van der Waals surface area contributed by atoms with Crippen LogP contribution in [-0.2, 0) is 32.7 Å². The molecule has 0 aliphatic rings. The minimum absolute atomic E-state index is 0.178. The highest BCUT2D eigenvalue weighted by Crippen LogP contribution is 2.43. The van der Waals surface area contributed by atoms with Crippen LogP contribution in [0.3, 0.4) is 0 Å². The van der Waals surface area contributed by atoms with E-state index in [2.05, 4.69) is 26.0 Å². The molecule has 0 saturated carbocycles. The smallest absolute Gasteiger partial charge is 0.462 e. The van der Waals surface area contributed by atoms with E-state index in [4.69, 9.17) is 23.6 Å². The van der Waals surface area contributed by atoms with Gasteiger partial charge in [0.1, 0.15) is 12.7 Å². The summed E-state index contributed by atoms with van der Waals surface area (Å²) in [4.78, 5) is 35.1. The van der Waals surface area contributed by atoms with Gasteiger partial charge in [0.2, 0.25) is 0 Å². The molecule has 10 nitrogen and oxygen atoms in total. The zero-order chi connectivity index (χ0) is 44.0. The lowest BCUT2D eigenvalue weighted by atomic mass is 10.0. The normalized spacial score (nSPS) is 13.8. The molecule has 0 heterocycles. The lowest BCUT2D eigenvalue weighted by molar-refractivity contribution is -0.161. The van der Waals surface area contributed by atoms with Gasteiger partial charge in [0.25, 0.3) is 0 Å². The number of ether oxygens (including phenoxy) is 2. The third kappa shape index (κ3) is 44.8. The molecule has 0 spiro atoms. The molecule has 0 radical (unpaired) electrons. The van der Waals surface area contributed by atoms with Crippen molar-refractivity contribution in [3.63, 3.8) is 0 Å². The second kappa shape index (κ2) is 45.7. The number of phosphoric acid groups is 1. The van der Waals surface area contributed by atoms with Crippen LogP contribution in [0.2, 0.25) is 0 Å². The highest BCUT2D eigenvalue weighted by molar-refractivity contribution is 7.47. The number of aliphatic hydroxyl groups excluding tert-OH is 2. The van der Waals surface area contributed by atoms with Crippen molar-refractivity contribution in [2.24, 2.45) is 0 Å². The number of carbonyl (C=O) groups excluding carboxylic acids is 2. The molecule has 0 fully saturated rings. The fourth-order valence-electron chi connectivity index (χ4n) is 7.28. The molecule has 0 rings (SSSR count). The van der Waals surface area contributed by atoms with Gasteiger partial charge in [-0.25, -0.2) is 4.57 Å². The van der Waals surface area contributed by atoms with Gasteiger partial charge in [-0.2, -0.15) is 0 Å². The van der Waals surface area contributed by atoms with Crippen LogP contribution in [0.25, 0.3) is 0 Å². The summed E-state index contributed by atoms with van der Waals surface area (Å²) < 4.78 is 32.8. The molecule has 60 heavy (non-hydrogen) atoms. The lowest BCUT2D eigenvalue weighted by Gasteiger charge is -2.20. The molecule has 356 valence electrons. The standard InChI is InChI=1S/C49H95O10P/c1-3-5-7-9-11-13-15-17-19-20-21-22-23-24-25-26-27-29-30-32-34-36-38-40-48(52)56-44-47(45-58-60(54,55)57-43-46(51)42-50)59-49(53)41-39-37-35-33-31-28-18-16-14-12-10-8-6-4-2/h16,18,46-47,50-51H,3-15,17,19-45H2,1-2H3,(H,54,55)/b18-16+/t46-,47+/m1/s1. The van der Waals surface area contributed by atoms with Crippen LogP contribution in [-0.4, -0.2) is 65.7 Å². The van der Waals surface area contributed by atoms with Gasteiger partial charge in [0, 0.05) is 12.8 Å². The zero-order valence-corrected chi connectivity index (χ0v) is 39.8. The molecular weight excluding hydrogens is 780 g/mol. The number of esters is 2. The number of carbonyl (C=O) groups is 2. The number of hydrogen-bond donors (Lipinski definition) is 3. The Morgan fingerprint density at radius 2 is 0.817 bits per heavy atom. The molecule has 3 N–H and O–H groups in total. The molecule has 0 amide bonds. The Morgan fingerprint density at radius 3 is 1.20 bits per heavy atom. The maximum absolute atomic E-state index is 12.6. The average Bonchev–Trinajstić information content (AvgIpc) is 3.24. The van der Waals surface area contributed by atoms with Crippen LogP contribution in [0.5, 0.6) is 0 Å². The number of aliphatic hydroxyl groups is 2. The summed E-state index contributed by atoms with van der Waals surface area (Å²) in [7, 11) is -4.62. The molecule has 0 aliphatic heterocycles. The first kappa shape index (κ1) is 58.7. The summed E-state index contributed by atoms with van der Waals surface area (Å²) in [6.07, 6.45) is 46.2. The molecule has 0 aromatic heterocycles. The van der Waals surface area contributed by atoms with Crippen molar-refractivity contribution in [2.45, 2.75) is 264 Å². The summed E-state index contributed by atoms with van der Waals surface area (Å²) in [5.41, 5.74) is 0. The first-order valence-corrected chi connectivity index (χ1v) is 26.6. The maximum atomic E-state index is 12.6. The molecule has 0 aromatic carbocycles. The van der Waals surface area contributed by atoms with Crippen LogP contribution in [0, 0.1) is 0 Å². The van der Waals surface area contributed by atoms with Gasteiger partial charge in [-0.05, 0) is 38.5 Å². The minimum atomic E-state index is -4.62. The van der Waals surface area contributed by atoms with Gasteiger partial charge in [0.05, 0.1) is 19.8 Å². The minimum Gasteiger partial charge on any atom is -0.462 e. The molecular formula is C49H95O10P. The van der Waals surface area contributed by atoms with Gasteiger partial charge in [-0.1, -0.05) is 212 Å². The van der Waals surface area contributed by atoms with E-state index in [9.17, 15) is 24.2 Å². The Hall–Kier alpha value is -1.29. The summed E-state index contributed by atoms with van der Waals surface area (Å²) in [6.45, 7) is 2.41.